The van der Waals surface area contributed by atoms with E-state index in [0.29, 0.717) is 11.7 Å². The number of aryl methyl sites for hydroxylation is 1. The van der Waals surface area contributed by atoms with Crippen molar-refractivity contribution in [1.29, 1.82) is 0 Å². The van der Waals surface area contributed by atoms with Crippen LogP contribution in [0.1, 0.15) is 65.9 Å². The molecule has 0 bridgehead atoms. The first-order chi connectivity index (χ1) is 19.8. The molecule has 2 N–H and O–H groups in total. The highest BCUT2D eigenvalue weighted by Crippen LogP contribution is 2.42. The van der Waals surface area contributed by atoms with E-state index in [0.717, 1.165) is 73.2 Å². The summed E-state index contributed by atoms with van der Waals surface area (Å²) in [6, 6.07) is 10.2. The van der Waals surface area contributed by atoms with E-state index in [1.54, 1.807) is 23.9 Å². The molecule has 2 aliphatic carbocycles. The number of aliphatic hydroxyl groups is 1. The number of carbonyl (C=O) groups excluding carboxylic acids is 1. The molecule has 214 valence electrons. The van der Waals surface area contributed by atoms with Crippen LogP contribution < -0.4 is 4.74 Å². The van der Waals surface area contributed by atoms with Crippen LogP contribution in [0, 0.1) is 18.8 Å². The van der Waals surface area contributed by atoms with Crippen LogP contribution in [-0.2, 0) is 11.3 Å². The first kappa shape index (κ1) is 26.1. The number of rotatable bonds is 7. The van der Waals surface area contributed by atoms with Crippen LogP contribution in [0.15, 0.2) is 36.5 Å². The van der Waals surface area contributed by atoms with Gasteiger partial charge >= 0.3 is 5.97 Å². The number of methoxy groups -OCH3 is 1. The fourth-order valence-electron chi connectivity index (χ4n) is 6.87. The smallest absolute Gasteiger partial charge is 0.337 e. The van der Waals surface area contributed by atoms with Crippen molar-refractivity contribution in [2.24, 2.45) is 11.8 Å². The van der Waals surface area contributed by atoms with Gasteiger partial charge in [-0.25, -0.2) is 9.31 Å². The zero-order valence-electron chi connectivity index (χ0n) is 23.5. The summed E-state index contributed by atoms with van der Waals surface area (Å²) >= 11 is 0. The fourth-order valence-corrected chi connectivity index (χ4v) is 6.87. The monoisotopic (exact) mass is 556 g/mol. The van der Waals surface area contributed by atoms with Crippen molar-refractivity contribution in [3.8, 4) is 17.1 Å². The summed E-state index contributed by atoms with van der Waals surface area (Å²) in [5, 5.41) is 25.5. The summed E-state index contributed by atoms with van der Waals surface area (Å²) in [5.41, 5.74) is 6.15. The van der Waals surface area contributed by atoms with Gasteiger partial charge in [-0.1, -0.05) is 18.2 Å². The number of carboxylic acid groups (broad SMARTS) is 1. The number of carboxylic acids is 1. The van der Waals surface area contributed by atoms with Crippen LogP contribution in [0.2, 0.25) is 0 Å². The number of aromatic nitrogens is 3. The number of nitrogens with zero attached hydrogens (tertiary/aromatic N) is 4. The van der Waals surface area contributed by atoms with Crippen molar-refractivity contribution in [2.75, 3.05) is 20.2 Å². The highest BCUT2D eigenvalue weighted by Gasteiger charge is 2.38. The molecule has 0 spiro atoms. The predicted molar refractivity (Wildman–Crippen MR) is 154 cm³/mol. The molecule has 0 unspecified atom stereocenters. The van der Waals surface area contributed by atoms with E-state index >= 15 is 0 Å². The summed E-state index contributed by atoms with van der Waals surface area (Å²) in [4.78, 5) is 26.9. The van der Waals surface area contributed by atoms with Crippen molar-refractivity contribution < 1.29 is 24.5 Å². The molecule has 0 radical (unpaired) electrons. The third-order valence-electron chi connectivity index (χ3n) is 9.41. The third kappa shape index (κ3) is 4.47. The maximum Gasteiger partial charge on any atom is 0.337 e. The number of hydrogen-bond donors (Lipinski definition) is 2. The van der Waals surface area contributed by atoms with Crippen LogP contribution in [0.25, 0.3) is 27.8 Å². The molecule has 1 aromatic carbocycles. The highest BCUT2D eigenvalue weighted by molar-refractivity contribution is 5.93. The third-order valence-corrected chi connectivity index (χ3v) is 9.41. The van der Waals surface area contributed by atoms with Crippen LogP contribution in [0.4, 0.5) is 0 Å². The molecule has 1 amide bonds. The number of benzene rings is 1. The molecular weight excluding hydrogens is 520 g/mol. The van der Waals surface area contributed by atoms with Crippen LogP contribution in [-0.4, -0.2) is 67.5 Å². The summed E-state index contributed by atoms with van der Waals surface area (Å²) in [6.07, 6.45) is 6.70. The Balaban J connectivity index is 1.27. The van der Waals surface area contributed by atoms with E-state index in [2.05, 4.69) is 28.8 Å². The number of fused-ring (bicyclic) bond motifs is 2. The zero-order valence-corrected chi connectivity index (χ0v) is 23.5. The van der Waals surface area contributed by atoms with Gasteiger partial charge in [0.1, 0.15) is 17.0 Å². The molecule has 3 fully saturated rings. The minimum atomic E-state index is -1.03. The lowest BCUT2D eigenvalue weighted by Crippen LogP contribution is -2.51. The topological polar surface area (TPSA) is 109 Å². The van der Waals surface area contributed by atoms with E-state index in [4.69, 9.17) is 9.84 Å². The van der Waals surface area contributed by atoms with Gasteiger partial charge in [0.15, 0.2) is 0 Å². The standard InChI is InChI=1S/C32H36N4O5/c1-18-28(33-36-17-22(32(39)40)13-27(41-2)29(18)36)26-12-21-4-3-5-25(30(21)35(26)14-19-6-7-19)23-15-34(16-23)31(38)20-8-10-24(37)11-9-20/h3-5,12-13,17,19-20,23-24,37H,6-11,14-16H2,1-2H3,(H,39,40). The Morgan fingerprint density at radius 2 is 1.80 bits per heavy atom. The van der Waals surface area contributed by atoms with Gasteiger partial charge in [-0.05, 0) is 69.1 Å². The Morgan fingerprint density at radius 1 is 1.05 bits per heavy atom. The number of ether oxygens (including phenoxy) is 1. The lowest BCUT2D eigenvalue weighted by Gasteiger charge is -2.42. The molecule has 0 atom stereocenters. The minimum absolute atomic E-state index is 0.0390. The van der Waals surface area contributed by atoms with Gasteiger partial charge in [-0.3, -0.25) is 4.79 Å². The lowest BCUT2D eigenvalue weighted by molar-refractivity contribution is -0.141. The van der Waals surface area contributed by atoms with Crippen LogP contribution in [0.3, 0.4) is 0 Å². The number of pyridine rings is 1. The van der Waals surface area contributed by atoms with Crippen molar-refractivity contribution >= 4 is 28.3 Å². The molecule has 9 heteroatoms. The Bertz CT molecular complexity index is 1670. The second kappa shape index (κ2) is 9.91. The summed E-state index contributed by atoms with van der Waals surface area (Å²) in [7, 11) is 1.55. The zero-order chi connectivity index (χ0) is 28.4. The summed E-state index contributed by atoms with van der Waals surface area (Å²) < 4.78 is 9.63. The molecule has 41 heavy (non-hydrogen) atoms. The van der Waals surface area contributed by atoms with Crippen LogP contribution in [0.5, 0.6) is 5.75 Å². The molecule has 2 saturated carbocycles. The second-order valence-electron chi connectivity index (χ2n) is 12.2. The summed E-state index contributed by atoms with van der Waals surface area (Å²) in [5.74, 6) is 0.642. The van der Waals surface area contributed by atoms with E-state index in [1.165, 1.54) is 23.9 Å². The van der Waals surface area contributed by atoms with Gasteiger partial charge in [0, 0.05) is 48.6 Å². The highest BCUT2D eigenvalue weighted by atomic mass is 16.5. The Hall–Kier alpha value is -3.85. The van der Waals surface area contributed by atoms with Crippen molar-refractivity contribution in [3.63, 3.8) is 0 Å². The van der Waals surface area contributed by atoms with Crippen molar-refractivity contribution in [2.45, 2.75) is 64.0 Å². The average molecular weight is 557 g/mol. The molecule has 4 heterocycles. The van der Waals surface area contributed by atoms with Gasteiger partial charge in [-0.2, -0.15) is 5.10 Å². The van der Waals surface area contributed by atoms with Gasteiger partial charge < -0.3 is 24.4 Å². The average Bonchev–Trinajstić information content (AvgIpc) is 3.60. The molecular formula is C32H36N4O5. The molecule has 7 rings (SSSR count). The normalized spacial score (nSPS) is 21.4. The minimum Gasteiger partial charge on any atom is -0.494 e. The Kier molecular flexibility index (Phi) is 6.30. The quantitative estimate of drug-likeness (QED) is 0.337. The number of hydrogen-bond acceptors (Lipinski definition) is 5. The number of likely N-dealkylation sites (tertiary alicyclic amines) is 1. The first-order valence-electron chi connectivity index (χ1n) is 14.7. The molecule has 1 saturated heterocycles. The second-order valence-corrected chi connectivity index (χ2v) is 12.2. The number of para-hydroxylation sites is 1. The van der Waals surface area contributed by atoms with Gasteiger partial charge in [0.2, 0.25) is 5.91 Å². The molecule has 1 aliphatic heterocycles. The first-order valence-corrected chi connectivity index (χ1v) is 14.7. The van der Waals surface area contributed by atoms with Gasteiger partial charge in [0.05, 0.1) is 30.0 Å². The van der Waals surface area contributed by atoms with Crippen LogP contribution >= 0.6 is 0 Å². The molecule has 3 aromatic heterocycles. The van der Waals surface area contributed by atoms with E-state index in [-0.39, 0.29) is 29.4 Å². The number of carbonyl (C=O) groups is 2. The molecule has 4 aromatic rings. The number of aliphatic hydroxyl groups excluding tert-OH is 1. The maximum absolute atomic E-state index is 13.2. The van der Waals surface area contributed by atoms with Gasteiger partial charge in [0.25, 0.3) is 0 Å². The largest absolute Gasteiger partial charge is 0.494 e. The predicted octanol–water partition coefficient (Wildman–Crippen LogP) is 4.86. The SMILES string of the molecule is COc1cc(C(=O)O)cn2nc(-c3cc4cccc(C5CN(C(=O)C6CCC(O)CC6)C5)c4n3CC3CC3)c(C)c12. The molecule has 3 aliphatic rings. The Morgan fingerprint density at radius 3 is 2.49 bits per heavy atom. The lowest BCUT2D eigenvalue weighted by atomic mass is 9.83. The van der Waals surface area contributed by atoms with Crippen molar-refractivity contribution in [3.05, 3.63) is 53.2 Å². The van der Waals surface area contributed by atoms with E-state index in [9.17, 15) is 19.8 Å². The summed E-state index contributed by atoms with van der Waals surface area (Å²) in [6.45, 7) is 4.37. The van der Waals surface area contributed by atoms with E-state index < -0.39 is 5.97 Å². The maximum atomic E-state index is 13.2. The number of aromatic carboxylic acids is 1. The fraction of sp³-hybridized carbons (Fsp3) is 0.469. The molecule has 9 nitrogen and oxygen atoms in total. The Labute approximate surface area is 238 Å². The number of amides is 1. The van der Waals surface area contributed by atoms with E-state index in [1.807, 2.05) is 11.8 Å². The van der Waals surface area contributed by atoms with Crippen molar-refractivity contribution in [1.82, 2.24) is 19.1 Å². The van der Waals surface area contributed by atoms with Gasteiger partial charge in [-0.15, -0.1) is 0 Å².